The van der Waals surface area contributed by atoms with E-state index in [1.54, 1.807) is 0 Å². The van der Waals surface area contributed by atoms with Crippen LogP contribution < -0.4 is 0 Å². The van der Waals surface area contributed by atoms with Crippen molar-refractivity contribution >= 4 is 5.97 Å². The fraction of sp³-hybridized carbons (Fsp3) is 0.833. The maximum Gasteiger partial charge on any atom is 0.330 e. The molecule has 0 heterocycles. The third-order valence-electron chi connectivity index (χ3n) is 6.97. The Balaban J connectivity index is 2.91. The summed E-state index contributed by atoms with van der Waals surface area (Å²) in [5, 5.41) is 0. The lowest BCUT2D eigenvalue weighted by Gasteiger charge is -2.62. The van der Waals surface area contributed by atoms with Crippen molar-refractivity contribution in [3.63, 3.8) is 0 Å². The Morgan fingerprint density at radius 2 is 1.95 bits per heavy atom. The van der Waals surface area contributed by atoms with Crippen LogP contribution in [0.3, 0.4) is 0 Å². The van der Waals surface area contributed by atoms with E-state index in [0.717, 1.165) is 6.42 Å². The van der Waals surface area contributed by atoms with Crippen molar-refractivity contribution in [3.05, 3.63) is 12.7 Å². The molecule has 1 rings (SSSR count). The number of carbonyl (C=O) groups is 1. The van der Waals surface area contributed by atoms with E-state index in [2.05, 4.69) is 48.1 Å². The summed E-state index contributed by atoms with van der Waals surface area (Å²) in [6.45, 7) is 18.2. The van der Waals surface area contributed by atoms with Gasteiger partial charge in [-0.2, -0.15) is 0 Å². The Kier molecular flexibility index (Phi) is 5.10. The van der Waals surface area contributed by atoms with Gasteiger partial charge in [0.1, 0.15) is 0 Å². The predicted octanol–water partition coefficient (Wildman–Crippen LogP) is 4.98. The van der Waals surface area contributed by atoms with Crippen LogP contribution in [0.2, 0.25) is 0 Å². The summed E-state index contributed by atoms with van der Waals surface area (Å²) in [4.78, 5) is 11.2. The van der Waals surface area contributed by atoms with Gasteiger partial charge in [0, 0.05) is 6.08 Å². The van der Waals surface area contributed by atoms with Gasteiger partial charge in [0.25, 0.3) is 0 Å². The monoisotopic (exact) mass is 280 g/mol. The molecule has 0 radical (unpaired) electrons. The van der Waals surface area contributed by atoms with Gasteiger partial charge < -0.3 is 4.74 Å². The highest BCUT2D eigenvalue weighted by molar-refractivity contribution is 5.81. The molecule has 0 aromatic carbocycles. The molecule has 0 N–H and O–H groups in total. The Morgan fingerprint density at radius 3 is 2.45 bits per heavy atom. The lowest BCUT2D eigenvalue weighted by molar-refractivity contribution is -0.148. The molecule has 0 aliphatic heterocycles. The van der Waals surface area contributed by atoms with E-state index in [0.29, 0.717) is 17.9 Å². The van der Waals surface area contributed by atoms with Crippen LogP contribution in [-0.4, -0.2) is 12.6 Å². The molecular weight excluding hydrogens is 248 g/mol. The van der Waals surface area contributed by atoms with Gasteiger partial charge in [-0.3, -0.25) is 0 Å². The van der Waals surface area contributed by atoms with Crippen molar-refractivity contribution in [2.75, 3.05) is 6.61 Å². The molecule has 0 amide bonds. The van der Waals surface area contributed by atoms with E-state index in [-0.39, 0.29) is 16.8 Å². The summed E-state index contributed by atoms with van der Waals surface area (Å²) in [6.07, 6.45) is 5.93. The summed E-state index contributed by atoms with van der Waals surface area (Å²) in [7, 11) is 0. The van der Waals surface area contributed by atoms with Crippen LogP contribution in [0.25, 0.3) is 0 Å². The van der Waals surface area contributed by atoms with E-state index >= 15 is 0 Å². The highest BCUT2D eigenvalue weighted by Crippen LogP contribution is 2.64. The minimum atomic E-state index is -0.312. The van der Waals surface area contributed by atoms with Crippen LogP contribution in [0.15, 0.2) is 12.7 Å². The molecule has 1 fully saturated rings. The molecular formula is C18H32O2. The molecule has 0 aromatic heterocycles. The molecule has 3 atom stereocenters. The van der Waals surface area contributed by atoms with Crippen LogP contribution in [0.1, 0.15) is 67.2 Å². The number of hydrogen-bond acceptors (Lipinski definition) is 2. The Labute approximate surface area is 125 Å². The fourth-order valence-corrected chi connectivity index (χ4v) is 4.07. The molecule has 116 valence electrons. The quantitative estimate of drug-likeness (QED) is 0.524. The number of rotatable bonds is 5. The molecule has 3 unspecified atom stereocenters. The Bertz CT molecular complexity index is 372. The van der Waals surface area contributed by atoms with Gasteiger partial charge in [-0.25, -0.2) is 4.79 Å². The van der Waals surface area contributed by atoms with Gasteiger partial charge in [0.05, 0.1) is 6.61 Å². The van der Waals surface area contributed by atoms with Gasteiger partial charge >= 0.3 is 5.97 Å². The van der Waals surface area contributed by atoms with E-state index in [1.807, 2.05) is 0 Å². The topological polar surface area (TPSA) is 26.3 Å². The molecule has 0 bridgehead atoms. The molecule has 2 heteroatoms. The van der Waals surface area contributed by atoms with Crippen LogP contribution in [-0.2, 0) is 9.53 Å². The maximum atomic E-state index is 11.2. The van der Waals surface area contributed by atoms with Crippen LogP contribution in [0.4, 0.5) is 0 Å². The van der Waals surface area contributed by atoms with Gasteiger partial charge in [0.15, 0.2) is 0 Å². The Morgan fingerprint density at radius 1 is 1.35 bits per heavy atom. The van der Waals surface area contributed by atoms with Gasteiger partial charge in [-0.1, -0.05) is 54.5 Å². The van der Waals surface area contributed by atoms with Crippen LogP contribution >= 0.6 is 0 Å². The van der Waals surface area contributed by atoms with Crippen molar-refractivity contribution in [2.24, 2.45) is 22.2 Å². The van der Waals surface area contributed by atoms with Gasteiger partial charge in [-0.15, -0.1) is 0 Å². The lowest BCUT2D eigenvalue weighted by Crippen LogP contribution is -2.54. The first-order chi connectivity index (χ1) is 9.14. The zero-order chi connectivity index (χ0) is 15.6. The lowest BCUT2D eigenvalue weighted by atomic mass is 9.43. The molecule has 0 aromatic rings. The minimum Gasteiger partial charge on any atom is -0.463 e. The standard InChI is InChI=1S/C18H32O2/c1-8-15(19)20-13-12-18(7)14(3)10-11-17(6,9-2)16(18,4)5/h8,14H,1,9-13H2,2-7H3. The van der Waals surface area contributed by atoms with E-state index in [1.165, 1.54) is 25.3 Å². The SMILES string of the molecule is C=CC(=O)OCCC1(C)C(C)CCC(C)(CC)C1(C)C. The van der Waals surface area contributed by atoms with E-state index in [9.17, 15) is 4.79 Å². The average Bonchev–Trinajstić information content (AvgIpc) is 2.41. The largest absolute Gasteiger partial charge is 0.463 e. The number of hydrogen-bond donors (Lipinski definition) is 0. The number of ether oxygens (including phenoxy) is 1. The van der Waals surface area contributed by atoms with Crippen molar-refractivity contribution in [1.82, 2.24) is 0 Å². The molecule has 1 aliphatic rings. The summed E-state index contributed by atoms with van der Waals surface area (Å²) < 4.78 is 5.25. The summed E-state index contributed by atoms with van der Waals surface area (Å²) >= 11 is 0. The van der Waals surface area contributed by atoms with Crippen molar-refractivity contribution in [3.8, 4) is 0 Å². The predicted molar refractivity (Wildman–Crippen MR) is 84.5 cm³/mol. The fourth-order valence-electron chi connectivity index (χ4n) is 4.07. The molecule has 1 aliphatic carbocycles. The number of esters is 1. The molecule has 20 heavy (non-hydrogen) atoms. The second-order valence-electron chi connectivity index (χ2n) is 7.52. The number of carbonyl (C=O) groups excluding carboxylic acids is 1. The van der Waals surface area contributed by atoms with Crippen LogP contribution in [0.5, 0.6) is 0 Å². The zero-order valence-corrected chi connectivity index (χ0v) is 14.2. The Hall–Kier alpha value is -0.790. The van der Waals surface area contributed by atoms with Crippen LogP contribution in [0, 0.1) is 22.2 Å². The first-order valence-electron chi connectivity index (χ1n) is 7.94. The first-order valence-corrected chi connectivity index (χ1v) is 7.94. The van der Waals surface area contributed by atoms with Crippen molar-refractivity contribution < 1.29 is 9.53 Å². The average molecular weight is 280 g/mol. The maximum absolute atomic E-state index is 11.2. The normalized spacial score (nSPS) is 36.4. The second kappa shape index (κ2) is 5.91. The second-order valence-corrected chi connectivity index (χ2v) is 7.52. The van der Waals surface area contributed by atoms with Gasteiger partial charge in [-0.05, 0) is 41.4 Å². The highest BCUT2D eigenvalue weighted by Gasteiger charge is 2.56. The smallest absolute Gasteiger partial charge is 0.330 e. The zero-order valence-electron chi connectivity index (χ0n) is 14.2. The molecule has 2 nitrogen and oxygen atoms in total. The molecule has 0 saturated heterocycles. The van der Waals surface area contributed by atoms with Gasteiger partial charge in [0.2, 0.25) is 0 Å². The minimum absolute atomic E-state index is 0.192. The van der Waals surface area contributed by atoms with Crippen molar-refractivity contribution in [2.45, 2.75) is 67.2 Å². The highest BCUT2D eigenvalue weighted by atomic mass is 16.5. The third kappa shape index (κ3) is 2.66. The summed E-state index contributed by atoms with van der Waals surface area (Å²) in [6, 6.07) is 0. The van der Waals surface area contributed by atoms with Crippen molar-refractivity contribution in [1.29, 1.82) is 0 Å². The summed E-state index contributed by atoms with van der Waals surface area (Å²) in [5.74, 6) is 0.340. The third-order valence-corrected chi connectivity index (χ3v) is 6.97. The molecule has 0 spiro atoms. The van der Waals surface area contributed by atoms with E-state index in [4.69, 9.17) is 4.74 Å². The molecule has 1 saturated carbocycles. The summed E-state index contributed by atoms with van der Waals surface area (Å²) in [5.41, 5.74) is 0.779. The van der Waals surface area contributed by atoms with E-state index < -0.39 is 0 Å². The first kappa shape index (κ1) is 17.3.